The number of aryl methyl sites for hydroxylation is 1. The van der Waals surface area contributed by atoms with Crippen LogP contribution in [0.25, 0.3) is 0 Å². The third-order valence-corrected chi connectivity index (χ3v) is 5.55. The molecule has 1 atom stereocenters. The number of nitrogens with zero attached hydrogens (tertiary/aromatic N) is 3. The molecule has 2 amide bonds. The van der Waals surface area contributed by atoms with E-state index in [0.29, 0.717) is 6.04 Å². The maximum Gasteiger partial charge on any atom is 0.321 e. The molecule has 1 saturated heterocycles. The summed E-state index contributed by atoms with van der Waals surface area (Å²) in [5.74, 6) is 0.947. The normalized spacial score (nSPS) is 17.5. The van der Waals surface area contributed by atoms with E-state index in [2.05, 4.69) is 21.7 Å². The summed E-state index contributed by atoms with van der Waals surface area (Å²) in [6, 6.07) is 4.45. The van der Waals surface area contributed by atoms with Crippen LogP contribution < -0.4 is 15.5 Å². The molecule has 0 aromatic carbocycles. The zero-order valence-electron chi connectivity index (χ0n) is 15.7. The Labute approximate surface area is 159 Å². The van der Waals surface area contributed by atoms with Crippen LogP contribution in [-0.2, 0) is 0 Å². The van der Waals surface area contributed by atoms with Gasteiger partial charge in [0, 0.05) is 38.6 Å². The molecule has 2 N–H and O–H groups in total. The van der Waals surface area contributed by atoms with Crippen LogP contribution in [0, 0.1) is 6.92 Å². The minimum atomic E-state index is 0.00384. The van der Waals surface area contributed by atoms with E-state index in [1.54, 1.807) is 11.3 Å². The van der Waals surface area contributed by atoms with Gasteiger partial charge >= 0.3 is 6.03 Å². The molecule has 1 aliphatic heterocycles. The zero-order valence-corrected chi connectivity index (χ0v) is 16.5. The Morgan fingerprint density at radius 2 is 2.12 bits per heavy atom. The quantitative estimate of drug-likeness (QED) is 0.850. The predicted octanol–water partition coefficient (Wildman–Crippen LogP) is 4.02. The van der Waals surface area contributed by atoms with Gasteiger partial charge in [-0.3, -0.25) is 0 Å². The largest absolute Gasteiger partial charge is 0.381 e. The highest BCUT2D eigenvalue weighted by Gasteiger charge is 2.21. The first-order chi connectivity index (χ1) is 12.5. The topological polar surface area (TPSA) is 60.5 Å². The minimum Gasteiger partial charge on any atom is -0.381 e. The van der Waals surface area contributed by atoms with Crippen molar-refractivity contribution < 1.29 is 4.79 Å². The van der Waals surface area contributed by atoms with E-state index in [-0.39, 0.29) is 6.03 Å². The molecular formula is C19H27N5OS. The van der Waals surface area contributed by atoms with E-state index in [1.165, 1.54) is 0 Å². The monoisotopic (exact) mass is 373 g/mol. The van der Waals surface area contributed by atoms with Crippen molar-refractivity contribution >= 4 is 34.6 Å². The summed E-state index contributed by atoms with van der Waals surface area (Å²) in [7, 11) is 3.97. The molecule has 0 bridgehead atoms. The molecule has 0 saturated carbocycles. The minimum absolute atomic E-state index is 0.00384. The third kappa shape index (κ3) is 4.66. The highest BCUT2D eigenvalue weighted by atomic mass is 32.1. The van der Waals surface area contributed by atoms with Gasteiger partial charge in [0.25, 0.3) is 0 Å². The van der Waals surface area contributed by atoms with Gasteiger partial charge in [-0.05, 0) is 49.3 Å². The second kappa shape index (κ2) is 8.40. The van der Waals surface area contributed by atoms with Crippen LogP contribution in [0.15, 0.2) is 29.1 Å². The number of rotatable bonds is 4. The first-order valence-electron chi connectivity index (χ1n) is 9.01. The molecule has 2 aromatic heterocycles. The van der Waals surface area contributed by atoms with Crippen molar-refractivity contribution in [3.63, 3.8) is 0 Å². The average Bonchev–Trinajstić information content (AvgIpc) is 2.88. The summed E-state index contributed by atoms with van der Waals surface area (Å²) in [5, 5.41) is 10.6. The fourth-order valence-corrected chi connectivity index (χ4v) is 3.88. The van der Waals surface area contributed by atoms with E-state index in [1.807, 2.05) is 53.8 Å². The molecule has 1 aliphatic rings. The Morgan fingerprint density at radius 3 is 2.77 bits per heavy atom. The summed E-state index contributed by atoms with van der Waals surface area (Å²) >= 11 is 1.61. The van der Waals surface area contributed by atoms with Crippen LogP contribution in [-0.4, -0.2) is 49.1 Å². The summed E-state index contributed by atoms with van der Waals surface area (Å²) in [5.41, 5.74) is 3.07. The number of nitrogens with one attached hydrogen (secondary N) is 2. The van der Waals surface area contributed by atoms with Gasteiger partial charge in [-0.1, -0.05) is 0 Å². The van der Waals surface area contributed by atoms with Crippen molar-refractivity contribution in [1.29, 1.82) is 0 Å². The van der Waals surface area contributed by atoms with Crippen molar-refractivity contribution in [2.45, 2.75) is 32.2 Å². The number of carbonyl (C=O) groups excluding carboxylic acids is 1. The fourth-order valence-electron chi connectivity index (χ4n) is 3.10. The lowest BCUT2D eigenvalue weighted by molar-refractivity contribution is 0.213. The van der Waals surface area contributed by atoms with Gasteiger partial charge in [0.2, 0.25) is 0 Å². The van der Waals surface area contributed by atoms with E-state index in [0.717, 1.165) is 55.1 Å². The summed E-state index contributed by atoms with van der Waals surface area (Å²) < 4.78 is 0. The number of amides is 2. The molecule has 3 rings (SSSR count). The Hall–Kier alpha value is -2.28. The molecular weight excluding hydrogens is 346 g/mol. The smallest absolute Gasteiger partial charge is 0.321 e. The van der Waals surface area contributed by atoms with E-state index >= 15 is 0 Å². The number of hydrogen-bond acceptors (Lipinski definition) is 5. The number of carbonyl (C=O) groups is 1. The summed E-state index contributed by atoms with van der Waals surface area (Å²) in [6.07, 6.45) is 4.86. The van der Waals surface area contributed by atoms with Crippen molar-refractivity contribution in [3.05, 3.63) is 34.7 Å². The summed E-state index contributed by atoms with van der Waals surface area (Å²) in [4.78, 5) is 20.9. The molecule has 3 heterocycles. The number of hydrogen-bond donors (Lipinski definition) is 2. The number of pyridine rings is 1. The van der Waals surface area contributed by atoms with Crippen molar-refractivity contribution in [2.75, 3.05) is 42.7 Å². The van der Waals surface area contributed by atoms with Gasteiger partial charge in [0.05, 0.1) is 17.6 Å². The van der Waals surface area contributed by atoms with Gasteiger partial charge in [0.1, 0.15) is 5.82 Å². The first kappa shape index (κ1) is 18.5. The van der Waals surface area contributed by atoms with E-state index in [4.69, 9.17) is 0 Å². The maximum absolute atomic E-state index is 12.5. The number of urea groups is 1. The molecule has 1 fully saturated rings. The maximum atomic E-state index is 12.5. The highest BCUT2D eigenvalue weighted by Crippen LogP contribution is 2.22. The number of aromatic nitrogens is 1. The lowest BCUT2D eigenvalue weighted by Crippen LogP contribution is -2.36. The Morgan fingerprint density at radius 1 is 1.27 bits per heavy atom. The van der Waals surface area contributed by atoms with Crippen LogP contribution >= 0.6 is 11.3 Å². The number of anilines is 3. The molecule has 7 heteroatoms. The Bertz CT molecular complexity index is 728. The van der Waals surface area contributed by atoms with Crippen molar-refractivity contribution in [2.24, 2.45) is 0 Å². The fraction of sp³-hybridized carbons (Fsp3) is 0.474. The predicted molar refractivity (Wildman–Crippen MR) is 109 cm³/mol. The molecule has 6 nitrogen and oxygen atoms in total. The van der Waals surface area contributed by atoms with Crippen LogP contribution in [0.4, 0.5) is 22.0 Å². The van der Waals surface area contributed by atoms with Gasteiger partial charge in [-0.15, -0.1) is 11.3 Å². The van der Waals surface area contributed by atoms with Crippen LogP contribution in [0.2, 0.25) is 0 Å². The average molecular weight is 374 g/mol. The van der Waals surface area contributed by atoms with Gasteiger partial charge in [-0.25, -0.2) is 9.78 Å². The highest BCUT2D eigenvalue weighted by molar-refractivity contribution is 7.08. The van der Waals surface area contributed by atoms with Gasteiger partial charge < -0.3 is 20.4 Å². The second-order valence-corrected chi connectivity index (χ2v) is 7.70. The van der Waals surface area contributed by atoms with Crippen molar-refractivity contribution in [3.8, 4) is 0 Å². The lowest BCUT2D eigenvalue weighted by atomic mass is 10.1. The third-order valence-electron chi connectivity index (χ3n) is 4.69. The molecule has 0 radical (unpaired) electrons. The standard InChI is InChI=1S/C19H27N5OS/c1-14-12-26-13-17(14)22-19(25)24-9-4-5-15(8-10-24)21-16-6-7-18(20-11-16)23(2)3/h6-7,11-13,15,21H,4-5,8-10H2,1-3H3,(H,22,25)/t15-/m0/s1. The lowest BCUT2D eigenvalue weighted by Gasteiger charge is -2.21. The Balaban J connectivity index is 1.53. The molecule has 0 aliphatic carbocycles. The molecule has 26 heavy (non-hydrogen) atoms. The van der Waals surface area contributed by atoms with Gasteiger partial charge in [-0.2, -0.15) is 0 Å². The SMILES string of the molecule is Cc1cscc1NC(=O)N1CCC[C@H](Nc2ccc(N(C)C)nc2)CC1. The van der Waals surface area contributed by atoms with Crippen LogP contribution in [0.5, 0.6) is 0 Å². The first-order valence-corrected chi connectivity index (χ1v) is 9.96. The van der Waals surface area contributed by atoms with Gasteiger partial charge in [0.15, 0.2) is 0 Å². The number of thiophene rings is 1. The summed E-state index contributed by atoms with van der Waals surface area (Å²) in [6.45, 7) is 3.57. The zero-order chi connectivity index (χ0) is 18.5. The van der Waals surface area contributed by atoms with E-state index in [9.17, 15) is 4.79 Å². The van der Waals surface area contributed by atoms with E-state index < -0.39 is 0 Å². The number of likely N-dealkylation sites (tertiary alicyclic amines) is 1. The molecule has 0 unspecified atom stereocenters. The molecule has 2 aromatic rings. The van der Waals surface area contributed by atoms with Crippen LogP contribution in [0.1, 0.15) is 24.8 Å². The Kier molecular flexibility index (Phi) is 5.98. The second-order valence-electron chi connectivity index (χ2n) is 6.96. The molecule has 0 spiro atoms. The van der Waals surface area contributed by atoms with Crippen molar-refractivity contribution in [1.82, 2.24) is 9.88 Å². The molecule has 140 valence electrons. The van der Waals surface area contributed by atoms with Crippen LogP contribution in [0.3, 0.4) is 0 Å².